The van der Waals surface area contributed by atoms with E-state index in [0.717, 1.165) is 29.8 Å². The number of benzene rings is 2. The van der Waals surface area contributed by atoms with Crippen molar-refractivity contribution in [2.24, 2.45) is 10.8 Å². The molecule has 198 valence electrons. The number of para-hydroxylation sites is 2. The summed E-state index contributed by atoms with van der Waals surface area (Å²) in [5.41, 5.74) is 3.96. The third-order valence-corrected chi connectivity index (χ3v) is 7.79. The third kappa shape index (κ3) is 5.14. The molecule has 0 saturated carbocycles. The Balaban J connectivity index is 1.51. The number of ketones is 2. The number of halogens is 1. The largest absolute Gasteiger partial charge is 0.483 e. The Kier molecular flexibility index (Phi) is 6.72. The fourth-order valence-electron chi connectivity index (χ4n) is 5.94. The van der Waals surface area contributed by atoms with Gasteiger partial charge in [-0.15, -0.1) is 0 Å². The highest BCUT2D eigenvalue weighted by Gasteiger charge is 2.47. The monoisotopic (exact) mass is 532 g/mol. The number of hydrogen-bond acceptors (Lipinski definition) is 5. The van der Waals surface area contributed by atoms with Crippen LogP contribution in [0.15, 0.2) is 71.1 Å². The van der Waals surface area contributed by atoms with Crippen molar-refractivity contribution in [3.05, 3.63) is 81.7 Å². The molecule has 1 amide bonds. The topological polar surface area (TPSA) is 84.5 Å². The minimum Gasteiger partial charge on any atom is -0.483 e. The molecule has 0 spiro atoms. The number of carbonyl (C=O) groups is 3. The summed E-state index contributed by atoms with van der Waals surface area (Å²) in [6, 6.07) is 14.4. The maximum Gasteiger partial charge on any atom is 0.262 e. The summed E-state index contributed by atoms with van der Waals surface area (Å²) in [5, 5.41) is 6.74. The SMILES string of the molecule is CC1(C)CC(=O)C2=C(C1)NC1=C(C(=O)CC(C)(C)C1)C2c1ccccc1OCC(=O)Nc1ccccc1Cl. The number of hydrogen-bond donors (Lipinski definition) is 2. The number of Topliss-reactive ketones (excluding diaryl/α,β-unsaturated/α-hetero) is 2. The summed E-state index contributed by atoms with van der Waals surface area (Å²) in [6.45, 7) is 8.15. The van der Waals surface area contributed by atoms with Crippen LogP contribution >= 0.6 is 11.6 Å². The maximum absolute atomic E-state index is 13.6. The number of carbonyl (C=O) groups excluding carboxylic acids is 3. The summed E-state index contributed by atoms with van der Waals surface area (Å²) in [6.07, 6.45) is 2.27. The van der Waals surface area contributed by atoms with E-state index < -0.39 is 5.92 Å². The van der Waals surface area contributed by atoms with E-state index in [1.807, 2.05) is 18.2 Å². The Hall–Kier alpha value is -3.38. The zero-order valence-electron chi connectivity index (χ0n) is 22.2. The van der Waals surface area contributed by atoms with Gasteiger partial charge in [-0.2, -0.15) is 0 Å². The first-order valence-corrected chi connectivity index (χ1v) is 13.4. The van der Waals surface area contributed by atoms with Gasteiger partial charge in [-0.05, 0) is 41.9 Å². The molecule has 7 heteroatoms. The van der Waals surface area contributed by atoms with Gasteiger partial charge < -0.3 is 15.4 Å². The number of ether oxygens (including phenoxy) is 1. The molecule has 5 rings (SSSR count). The van der Waals surface area contributed by atoms with Crippen LogP contribution in [0, 0.1) is 10.8 Å². The Morgan fingerprint density at radius 2 is 1.45 bits per heavy atom. The predicted octanol–water partition coefficient (Wildman–Crippen LogP) is 6.33. The molecular formula is C31H33ClN2O4. The van der Waals surface area contributed by atoms with Gasteiger partial charge in [0.2, 0.25) is 0 Å². The molecule has 0 bridgehead atoms. The third-order valence-electron chi connectivity index (χ3n) is 7.46. The van der Waals surface area contributed by atoms with E-state index >= 15 is 0 Å². The number of dihydropyridines is 1. The number of rotatable bonds is 5. The van der Waals surface area contributed by atoms with Crippen molar-refractivity contribution < 1.29 is 19.1 Å². The van der Waals surface area contributed by atoms with Crippen molar-refractivity contribution in [3.8, 4) is 5.75 Å². The molecule has 1 aliphatic heterocycles. The predicted molar refractivity (Wildman–Crippen MR) is 148 cm³/mol. The van der Waals surface area contributed by atoms with E-state index in [1.165, 1.54) is 0 Å². The first-order valence-electron chi connectivity index (χ1n) is 13.0. The molecule has 38 heavy (non-hydrogen) atoms. The van der Waals surface area contributed by atoms with Gasteiger partial charge in [-0.25, -0.2) is 0 Å². The number of allylic oxidation sites excluding steroid dienone is 4. The van der Waals surface area contributed by atoms with E-state index in [4.69, 9.17) is 16.3 Å². The molecule has 0 atom stereocenters. The van der Waals surface area contributed by atoms with Crippen LogP contribution in [-0.2, 0) is 14.4 Å². The first-order chi connectivity index (χ1) is 17.9. The van der Waals surface area contributed by atoms with Crippen molar-refractivity contribution in [3.63, 3.8) is 0 Å². The summed E-state index contributed by atoms with van der Waals surface area (Å²) in [4.78, 5) is 39.9. The minimum absolute atomic E-state index is 0.0456. The van der Waals surface area contributed by atoms with Gasteiger partial charge in [-0.3, -0.25) is 14.4 Å². The molecule has 2 N–H and O–H groups in total. The van der Waals surface area contributed by atoms with E-state index in [-0.39, 0.29) is 34.9 Å². The number of anilines is 1. The molecule has 1 heterocycles. The molecule has 0 saturated heterocycles. The van der Waals surface area contributed by atoms with Gasteiger partial charge in [0.25, 0.3) is 5.91 Å². The van der Waals surface area contributed by atoms with Crippen LogP contribution in [0.1, 0.15) is 64.9 Å². The fraction of sp³-hybridized carbons (Fsp3) is 0.387. The molecule has 0 radical (unpaired) electrons. The first kappa shape index (κ1) is 26.2. The number of amides is 1. The molecule has 2 aromatic carbocycles. The van der Waals surface area contributed by atoms with Crippen LogP contribution in [0.25, 0.3) is 0 Å². The van der Waals surface area contributed by atoms with Crippen LogP contribution in [0.2, 0.25) is 5.02 Å². The van der Waals surface area contributed by atoms with Gasteiger partial charge in [0, 0.05) is 46.9 Å². The molecular weight excluding hydrogens is 500 g/mol. The average Bonchev–Trinajstić information content (AvgIpc) is 2.81. The summed E-state index contributed by atoms with van der Waals surface area (Å²) >= 11 is 6.17. The molecule has 0 fully saturated rings. The lowest BCUT2D eigenvalue weighted by molar-refractivity contribution is -0.120. The van der Waals surface area contributed by atoms with E-state index in [1.54, 1.807) is 30.3 Å². The second-order valence-electron chi connectivity index (χ2n) is 12.1. The van der Waals surface area contributed by atoms with Crippen molar-refractivity contribution in [1.82, 2.24) is 5.32 Å². The minimum atomic E-state index is -0.531. The van der Waals surface area contributed by atoms with Gasteiger partial charge in [-0.1, -0.05) is 69.6 Å². The lowest BCUT2D eigenvalue weighted by Gasteiger charge is -2.44. The molecule has 3 aliphatic rings. The van der Waals surface area contributed by atoms with Crippen LogP contribution in [0.4, 0.5) is 5.69 Å². The van der Waals surface area contributed by atoms with Crippen LogP contribution < -0.4 is 15.4 Å². The van der Waals surface area contributed by atoms with Gasteiger partial charge in [0.1, 0.15) is 5.75 Å². The summed E-state index contributed by atoms with van der Waals surface area (Å²) < 4.78 is 6.03. The van der Waals surface area contributed by atoms with Crippen LogP contribution in [-0.4, -0.2) is 24.1 Å². The fourth-order valence-corrected chi connectivity index (χ4v) is 6.13. The second-order valence-corrected chi connectivity index (χ2v) is 12.5. The van der Waals surface area contributed by atoms with Gasteiger partial charge in [0.15, 0.2) is 18.2 Å². The van der Waals surface area contributed by atoms with E-state index in [0.29, 0.717) is 40.4 Å². The van der Waals surface area contributed by atoms with Gasteiger partial charge >= 0.3 is 0 Å². The molecule has 6 nitrogen and oxygen atoms in total. The Labute approximate surface area is 228 Å². The Bertz CT molecular complexity index is 1350. The second kappa shape index (κ2) is 9.73. The standard InChI is InChI=1S/C31H33ClN2O4/c1-30(2)13-21-28(23(35)15-30)27(29-22(33-21)14-31(3,4)16-24(29)36)18-9-5-8-12-25(18)38-17-26(37)34-20-11-7-6-10-19(20)32/h5-12,27,33H,13-17H2,1-4H3,(H,34,37). The lowest BCUT2D eigenvalue weighted by Crippen LogP contribution is -2.42. The quantitative estimate of drug-likeness (QED) is 0.470. The highest BCUT2D eigenvalue weighted by molar-refractivity contribution is 6.33. The van der Waals surface area contributed by atoms with Crippen molar-refractivity contribution in [2.45, 2.75) is 59.3 Å². The summed E-state index contributed by atoms with van der Waals surface area (Å²) in [5.74, 6) is -0.323. The smallest absolute Gasteiger partial charge is 0.262 e. The van der Waals surface area contributed by atoms with E-state index in [2.05, 4.69) is 38.3 Å². The van der Waals surface area contributed by atoms with Crippen molar-refractivity contribution >= 4 is 34.8 Å². The van der Waals surface area contributed by atoms with Crippen LogP contribution in [0.5, 0.6) is 5.75 Å². The highest BCUT2D eigenvalue weighted by Crippen LogP contribution is 2.52. The van der Waals surface area contributed by atoms with Crippen molar-refractivity contribution in [1.29, 1.82) is 0 Å². The molecule has 2 aliphatic carbocycles. The maximum atomic E-state index is 13.6. The van der Waals surface area contributed by atoms with Crippen molar-refractivity contribution in [2.75, 3.05) is 11.9 Å². The molecule has 0 aromatic heterocycles. The zero-order chi connectivity index (χ0) is 27.2. The summed E-state index contributed by atoms with van der Waals surface area (Å²) in [7, 11) is 0. The zero-order valence-corrected chi connectivity index (χ0v) is 23.0. The highest BCUT2D eigenvalue weighted by atomic mass is 35.5. The van der Waals surface area contributed by atoms with Crippen LogP contribution in [0.3, 0.4) is 0 Å². The lowest BCUT2D eigenvalue weighted by atomic mass is 9.64. The Morgan fingerprint density at radius 1 is 0.895 bits per heavy atom. The molecule has 2 aromatic rings. The molecule has 0 unspecified atom stereocenters. The number of nitrogens with one attached hydrogen (secondary N) is 2. The average molecular weight is 533 g/mol. The van der Waals surface area contributed by atoms with E-state index in [9.17, 15) is 14.4 Å². The van der Waals surface area contributed by atoms with Gasteiger partial charge in [0.05, 0.1) is 10.7 Å². The Morgan fingerprint density at radius 3 is 2.05 bits per heavy atom. The normalized spacial score (nSPS) is 20.4.